The standard InChI is InChI=1S/C24H26FN7O2/c1-13-9-31(10-14(2)27-13)20-6-5-17(21-18(20)8-26-24(30-21)34-4)23(33)29-16-7-19(25)22-28-15(3)11-32(22)12-16/h5-8,11-14,27H,9-10H2,1-4H3,(H,29,33)/t13-,14-/m1/s1. The molecule has 4 heterocycles. The first kappa shape index (κ1) is 22.0. The van der Waals surface area contributed by atoms with E-state index in [1.54, 1.807) is 36.0 Å². The second-order valence-corrected chi connectivity index (χ2v) is 8.77. The molecule has 0 aliphatic carbocycles. The molecule has 9 nitrogen and oxygen atoms in total. The maximum absolute atomic E-state index is 14.5. The number of aromatic nitrogens is 4. The van der Waals surface area contributed by atoms with Gasteiger partial charge in [-0.1, -0.05) is 0 Å². The molecule has 176 valence electrons. The zero-order chi connectivity index (χ0) is 24.0. The summed E-state index contributed by atoms with van der Waals surface area (Å²) in [7, 11) is 1.48. The van der Waals surface area contributed by atoms with Gasteiger partial charge in [-0.05, 0) is 32.9 Å². The molecule has 1 saturated heterocycles. The zero-order valence-corrected chi connectivity index (χ0v) is 19.5. The van der Waals surface area contributed by atoms with Gasteiger partial charge in [0.15, 0.2) is 11.5 Å². The Bertz CT molecular complexity index is 1390. The molecule has 0 spiro atoms. The Hall–Kier alpha value is -3.79. The van der Waals surface area contributed by atoms with Gasteiger partial charge in [0.25, 0.3) is 5.91 Å². The summed E-state index contributed by atoms with van der Waals surface area (Å²) in [6.45, 7) is 7.71. The van der Waals surface area contributed by atoms with Crippen molar-refractivity contribution in [2.24, 2.45) is 0 Å². The van der Waals surface area contributed by atoms with Crippen LogP contribution in [-0.2, 0) is 0 Å². The summed E-state index contributed by atoms with van der Waals surface area (Å²) in [6.07, 6.45) is 5.02. The first-order chi connectivity index (χ1) is 16.3. The van der Waals surface area contributed by atoms with E-state index in [0.717, 1.165) is 24.2 Å². The summed E-state index contributed by atoms with van der Waals surface area (Å²) >= 11 is 0. The fourth-order valence-electron chi connectivity index (χ4n) is 4.62. The number of aryl methyl sites for hydroxylation is 1. The van der Waals surface area contributed by atoms with Gasteiger partial charge in [0, 0.05) is 60.9 Å². The smallest absolute Gasteiger partial charge is 0.316 e. The minimum atomic E-state index is -0.517. The molecule has 2 atom stereocenters. The second-order valence-electron chi connectivity index (χ2n) is 8.77. The molecular weight excluding hydrogens is 437 g/mol. The van der Waals surface area contributed by atoms with Gasteiger partial charge >= 0.3 is 6.01 Å². The number of carbonyl (C=O) groups is 1. The van der Waals surface area contributed by atoms with Crippen LogP contribution in [0.3, 0.4) is 0 Å². The molecule has 1 fully saturated rings. The third-order valence-corrected chi connectivity index (χ3v) is 5.92. The van der Waals surface area contributed by atoms with E-state index in [0.29, 0.717) is 34.5 Å². The van der Waals surface area contributed by atoms with Crippen LogP contribution in [0.25, 0.3) is 16.6 Å². The first-order valence-corrected chi connectivity index (χ1v) is 11.1. The van der Waals surface area contributed by atoms with Crippen molar-refractivity contribution in [1.29, 1.82) is 0 Å². The van der Waals surface area contributed by atoms with E-state index in [1.165, 1.54) is 13.2 Å². The van der Waals surface area contributed by atoms with Gasteiger partial charge in [-0.15, -0.1) is 0 Å². The van der Waals surface area contributed by atoms with Crippen molar-refractivity contribution in [3.8, 4) is 6.01 Å². The van der Waals surface area contributed by atoms with E-state index in [1.807, 2.05) is 6.07 Å². The van der Waals surface area contributed by atoms with Crippen molar-refractivity contribution >= 4 is 33.8 Å². The summed E-state index contributed by atoms with van der Waals surface area (Å²) in [4.78, 5) is 28.5. The van der Waals surface area contributed by atoms with Gasteiger partial charge in [0.1, 0.15) is 0 Å². The molecule has 2 N–H and O–H groups in total. The van der Waals surface area contributed by atoms with Gasteiger partial charge < -0.3 is 24.7 Å². The highest BCUT2D eigenvalue weighted by molar-refractivity contribution is 6.13. The topological polar surface area (TPSA) is 96.7 Å². The molecule has 10 heteroatoms. The Balaban J connectivity index is 1.54. The van der Waals surface area contributed by atoms with E-state index in [-0.39, 0.29) is 11.7 Å². The first-order valence-electron chi connectivity index (χ1n) is 11.1. The molecule has 0 unspecified atom stereocenters. The van der Waals surface area contributed by atoms with Crippen LogP contribution in [0.4, 0.5) is 15.8 Å². The van der Waals surface area contributed by atoms with E-state index < -0.39 is 11.7 Å². The number of piperazine rings is 1. The van der Waals surface area contributed by atoms with Gasteiger partial charge in [0.2, 0.25) is 0 Å². The van der Waals surface area contributed by atoms with Crippen molar-refractivity contribution in [2.75, 3.05) is 30.4 Å². The van der Waals surface area contributed by atoms with E-state index in [4.69, 9.17) is 4.74 Å². The number of halogens is 1. The van der Waals surface area contributed by atoms with Crippen LogP contribution < -0.4 is 20.3 Å². The average molecular weight is 464 g/mol. The number of rotatable bonds is 4. The number of nitrogens with one attached hydrogen (secondary N) is 2. The highest BCUT2D eigenvalue weighted by atomic mass is 19.1. The molecule has 1 amide bonds. The summed E-state index contributed by atoms with van der Waals surface area (Å²) < 4.78 is 21.3. The number of hydrogen-bond donors (Lipinski definition) is 2. The van der Waals surface area contributed by atoms with Gasteiger partial charge in [-0.2, -0.15) is 4.98 Å². The van der Waals surface area contributed by atoms with Crippen LogP contribution in [0.5, 0.6) is 6.01 Å². The SMILES string of the molecule is COc1ncc2c(N3C[C@@H](C)N[C@H](C)C3)ccc(C(=O)Nc3cc(F)c4nc(C)cn4c3)c2n1. The van der Waals surface area contributed by atoms with E-state index in [2.05, 4.69) is 44.3 Å². The Labute approximate surface area is 196 Å². The molecule has 34 heavy (non-hydrogen) atoms. The largest absolute Gasteiger partial charge is 0.467 e. The number of imidazole rings is 1. The monoisotopic (exact) mass is 463 g/mol. The van der Waals surface area contributed by atoms with Gasteiger partial charge in [-0.25, -0.2) is 14.4 Å². The fourth-order valence-corrected chi connectivity index (χ4v) is 4.62. The Kier molecular flexibility index (Phi) is 5.52. The van der Waals surface area contributed by atoms with Crippen molar-refractivity contribution < 1.29 is 13.9 Å². The number of nitrogens with zero attached hydrogens (tertiary/aromatic N) is 5. The Morgan fingerprint density at radius 2 is 1.97 bits per heavy atom. The molecule has 1 aromatic carbocycles. The highest BCUT2D eigenvalue weighted by Crippen LogP contribution is 2.31. The van der Waals surface area contributed by atoms with Crippen LogP contribution in [0.15, 0.2) is 36.8 Å². The number of pyridine rings is 1. The minimum Gasteiger partial charge on any atom is -0.467 e. The van der Waals surface area contributed by atoms with Gasteiger partial charge in [0.05, 0.1) is 29.6 Å². The summed E-state index contributed by atoms with van der Waals surface area (Å²) in [5, 5.41) is 7.07. The number of ether oxygens (including phenoxy) is 1. The van der Waals surface area contributed by atoms with Crippen LogP contribution in [-0.4, -0.2) is 57.5 Å². The number of benzene rings is 1. The summed E-state index contributed by atoms with van der Waals surface area (Å²) in [6, 6.07) is 5.72. The molecular formula is C24H26FN7O2. The average Bonchev–Trinajstić information content (AvgIpc) is 3.18. The normalized spacial score (nSPS) is 18.4. The Morgan fingerprint density at radius 3 is 2.71 bits per heavy atom. The molecule has 0 radical (unpaired) electrons. The molecule has 1 aliphatic heterocycles. The third kappa shape index (κ3) is 4.01. The third-order valence-electron chi connectivity index (χ3n) is 5.92. The summed E-state index contributed by atoms with van der Waals surface area (Å²) in [5.41, 5.74) is 2.98. The number of methoxy groups -OCH3 is 1. The lowest BCUT2D eigenvalue weighted by molar-refractivity contribution is 0.102. The lowest BCUT2D eigenvalue weighted by Gasteiger charge is -2.38. The van der Waals surface area contributed by atoms with Crippen molar-refractivity contribution in [3.05, 3.63) is 53.9 Å². The number of amides is 1. The van der Waals surface area contributed by atoms with E-state index in [9.17, 15) is 9.18 Å². The van der Waals surface area contributed by atoms with Crippen molar-refractivity contribution in [2.45, 2.75) is 32.9 Å². The Morgan fingerprint density at radius 1 is 1.21 bits per heavy atom. The molecule has 0 bridgehead atoms. The van der Waals surface area contributed by atoms with Crippen molar-refractivity contribution in [1.82, 2.24) is 24.7 Å². The molecule has 0 saturated carbocycles. The summed E-state index contributed by atoms with van der Waals surface area (Å²) in [5.74, 6) is -0.924. The number of hydrogen-bond acceptors (Lipinski definition) is 7. The number of anilines is 2. The van der Waals surface area contributed by atoms with Crippen molar-refractivity contribution in [3.63, 3.8) is 0 Å². The van der Waals surface area contributed by atoms with Gasteiger partial charge in [-0.3, -0.25) is 4.79 Å². The highest BCUT2D eigenvalue weighted by Gasteiger charge is 2.25. The van der Waals surface area contributed by atoms with Crippen LogP contribution in [0.1, 0.15) is 29.9 Å². The number of fused-ring (bicyclic) bond motifs is 2. The maximum Gasteiger partial charge on any atom is 0.316 e. The number of carbonyl (C=O) groups excluding carboxylic acids is 1. The predicted octanol–water partition coefficient (Wildman–Crippen LogP) is 3.17. The molecule has 1 aliphatic rings. The quantitative estimate of drug-likeness (QED) is 0.480. The molecule has 3 aromatic heterocycles. The second kappa shape index (κ2) is 8.53. The minimum absolute atomic E-state index is 0.169. The fraction of sp³-hybridized carbons (Fsp3) is 0.333. The van der Waals surface area contributed by atoms with E-state index >= 15 is 0 Å². The molecule has 5 rings (SSSR count). The van der Waals surface area contributed by atoms with Crippen LogP contribution in [0, 0.1) is 12.7 Å². The van der Waals surface area contributed by atoms with Crippen LogP contribution in [0.2, 0.25) is 0 Å². The zero-order valence-electron chi connectivity index (χ0n) is 19.5. The van der Waals surface area contributed by atoms with Crippen LogP contribution >= 0.6 is 0 Å². The lowest BCUT2D eigenvalue weighted by Crippen LogP contribution is -2.54. The molecule has 4 aromatic rings. The maximum atomic E-state index is 14.5. The predicted molar refractivity (Wildman–Crippen MR) is 128 cm³/mol. The lowest BCUT2D eigenvalue weighted by atomic mass is 10.0.